The van der Waals surface area contributed by atoms with Crippen molar-refractivity contribution < 1.29 is 13.5 Å². The Bertz CT molecular complexity index is 560. The lowest BCUT2D eigenvalue weighted by Gasteiger charge is -2.08. The SMILES string of the molecule is Cc1ccc(F)cc1Oc1ncc(Cl)cc1F. The van der Waals surface area contributed by atoms with Gasteiger partial charge < -0.3 is 4.74 Å². The van der Waals surface area contributed by atoms with Gasteiger partial charge >= 0.3 is 0 Å². The van der Waals surface area contributed by atoms with E-state index in [2.05, 4.69) is 4.98 Å². The van der Waals surface area contributed by atoms with E-state index in [9.17, 15) is 8.78 Å². The molecule has 1 aromatic carbocycles. The minimum atomic E-state index is -0.693. The smallest absolute Gasteiger partial charge is 0.255 e. The molecule has 0 unspecified atom stereocenters. The van der Waals surface area contributed by atoms with E-state index < -0.39 is 11.6 Å². The number of nitrogens with zero attached hydrogens (tertiary/aromatic N) is 1. The zero-order valence-corrected chi connectivity index (χ0v) is 9.63. The highest BCUT2D eigenvalue weighted by atomic mass is 35.5. The van der Waals surface area contributed by atoms with E-state index in [1.807, 2.05) is 0 Å². The predicted molar refractivity (Wildman–Crippen MR) is 60.4 cm³/mol. The van der Waals surface area contributed by atoms with Crippen molar-refractivity contribution in [3.8, 4) is 11.6 Å². The lowest BCUT2D eigenvalue weighted by molar-refractivity contribution is 0.417. The minimum absolute atomic E-state index is 0.172. The topological polar surface area (TPSA) is 22.1 Å². The van der Waals surface area contributed by atoms with Crippen LogP contribution in [0.15, 0.2) is 30.5 Å². The molecule has 17 heavy (non-hydrogen) atoms. The van der Waals surface area contributed by atoms with E-state index in [-0.39, 0.29) is 16.7 Å². The highest BCUT2D eigenvalue weighted by Crippen LogP contribution is 2.27. The Kier molecular flexibility index (Phi) is 3.24. The van der Waals surface area contributed by atoms with Gasteiger partial charge in [0.1, 0.15) is 11.6 Å². The van der Waals surface area contributed by atoms with Crippen LogP contribution in [0, 0.1) is 18.6 Å². The first-order chi connectivity index (χ1) is 8.06. The quantitative estimate of drug-likeness (QED) is 0.805. The van der Waals surface area contributed by atoms with Crippen LogP contribution in [0.5, 0.6) is 11.6 Å². The van der Waals surface area contributed by atoms with Gasteiger partial charge in [0, 0.05) is 12.3 Å². The molecule has 0 aliphatic rings. The van der Waals surface area contributed by atoms with Gasteiger partial charge in [0.2, 0.25) is 0 Å². The van der Waals surface area contributed by atoms with Crippen molar-refractivity contribution in [2.45, 2.75) is 6.92 Å². The summed E-state index contributed by atoms with van der Waals surface area (Å²) in [5.41, 5.74) is 0.683. The fraction of sp³-hybridized carbons (Fsp3) is 0.0833. The molecule has 0 N–H and O–H groups in total. The van der Waals surface area contributed by atoms with Crippen LogP contribution in [-0.4, -0.2) is 4.98 Å². The van der Waals surface area contributed by atoms with E-state index in [1.165, 1.54) is 18.3 Å². The fourth-order valence-corrected chi connectivity index (χ4v) is 1.41. The molecule has 0 spiro atoms. The standard InChI is InChI=1S/C12H8ClF2NO/c1-7-2-3-9(14)5-11(7)17-12-10(15)4-8(13)6-16-12/h2-6H,1H3. The predicted octanol–water partition coefficient (Wildman–Crippen LogP) is 4.11. The van der Waals surface area contributed by atoms with Crippen molar-refractivity contribution in [1.82, 2.24) is 4.98 Å². The molecule has 0 radical (unpaired) electrons. The zero-order chi connectivity index (χ0) is 12.4. The van der Waals surface area contributed by atoms with Crippen LogP contribution in [-0.2, 0) is 0 Å². The van der Waals surface area contributed by atoms with Crippen LogP contribution in [0.3, 0.4) is 0 Å². The highest BCUT2D eigenvalue weighted by molar-refractivity contribution is 6.30. The molecule has 0 aliphatic heterocycles. The summed E-state index contributed by atoms with van der Waals surface area (Å²) in [5.74, 6) is -1.16. The van der Waals surface area contributed by atoms with Crippen molar-refractivity contribution in [3.63, 3.8) is 0 Å². The lowest BCUT2D eigenvalue weighted by Crippen LogP contribution is -1.94. The minimum Gasteiger partial charge on any atom is -0.436 e. The second-order valence-corrected chi connectivity index (χ2v) is 3.89. The van der Waals surface area contributed by atoms with E-state index in [4.69, 9.17) is 16.3 Å². The molecule has 5 heteroatoms. The molecule has 0 fully saturated rings. The van der Waals surface area contributed by atoms with Gasteiger partial charge in [-0.1, -0.05) is 17.7 Å². The van der Waals surface area contributed by atoms with Crippen molar-refractivity contribution in [2.75, 3.05) is 0 Å². The molecule has 1 heterocycles. The van der Waals surface area contributed by atoms with Gasteiger partial charge in [0.15, 0.2) is 5.82 Å². The number of benzene rings is 1. The molecule has 88 valence electrons. The summed E-state index contributed by atoms with van der Waals surface area (Å²) in [7, 11) is 0. The highest BCUT2D eigenvalue weighted by Gasteiger charge is 2.09. The molecule has 0 saturated heterocycles. The van der Waals surface area contributed by atoms with Gasteiger partial charge in [-0.25, -0.2) is 13.8 Å². The number of aromatic nitrogens is 1. The van der Waals surface area contributed by atoms with Crippen LogP contribution < -0.4 is 4.74 Å². The normalized spacial score (nSPS) is 10.4. The summed E-state index contributed by atoms with van der Waals surface area (Å²) in [5, 5.41) is 0.172. The molecule has 0 aliphatic carbocycles. The van der Waals surface area contributed by atoms with Gasteiger partial charge in [-0.3, -0.25) is 0 Å². The Balaban J connectivity index is 2.34. The molecule has 2 nitrogen and oxygen atoms in total. The maximum absolute atomic E-state index is 13.4. The maximum atomic E-state index is 13.4. The number of ether oxygens (including phenoxy) is 1. The number of halogens is 3. The molecule has 0 atom stereocenters. The molecule has 2 aromatic rings. The van der Waals surface area contributed by atoms with Gasteiger partial charge in [-0.05, 0) is 24.6 Å². The maximum Gasteiger partial charge on any atom is 0.255 e. The first-order valence-corrected chi connectivity index (χ1v) is 5.19. The molecule has 0 amide bonds. The molecule has 1 aromatic heterocycles. The Hall–Kier alpha value is -1.68. The Morgan fingerprint density at radius 3 is 2.71 bits per heavy atom. The van der Waals surface area contributed by atoms with Crippen LogP contribution >= 0.6 is 11.6 Å². The summed E-state index contributed by atoms with van der Waals surface area (Å²) in [4.78, 5) is 3.69. The second kappa shape index (κ2) is 4.67. The van der Waals surface area contributed by atoms with E-state index >= 15 is 0 Å². The first kappa shape index (κ1) is 11.8. The van der Waals surface area contributed by atoms with Crippen LogP contribution in [0.2, 0.25) is 5.02 Å². The Morgan fingerprint density at radius 1 is 1.24 bits per heavy atom. The van der Waals surface area contributed by atoms with Crippen molar-refractivity contribution in [1.29, 1.82) is 0 Å². The molecule has 0 bridgehead atoms. The number of aryl methyl sites for hydroxylation is 1. The van der Waals surface area contributed by atoms with Gasteiger partial charge in [0.05, 0.1) is 5.02 Å². The summed E-state index contributed by atoms with van der Waals surface area (Å²) >= 11 is 5.56. The summed E-state index contributed by atoms with van der Waals surface area (Å²) < 4.78 is 31.6. The summed E-state index contributed by atoms with van der Waals surface area (Å²) in [6.45, 7) is 1.72. The van der Waals surface area contributed by atoms with Crippen LogP contribution in [0.25, 0.3) is 0 Å². The van der Waals surface area contributed by atoms with Gasteiger partial charge in [-0.15, -0.1) is 0 Å². The first-order valence-electron chi connectivity index (χ1n) is 4.81. The zero-order valence-electron chi connectivity index (χ0n) is 8.88. The number of rotatable bonds is 2. The van der Waals surface area contributed by atoms with Crippen LogP contribution in [0.4, 0.5) is 8.78 Å². The van der Waals surface area contributed by atoms with Crippen molar-refractivity contribution >= 4 is 11.6 Å². The molecule has 0 saturated carbocycles. The summed E-state index contributed by atoms with van der Waals surface area (Å²) in [6.07, 6.45) is 1.26. The molecular weight excluding hydrogens is 248 g/mol. The lowest BCUT2D eigenvalue weighted by atomic mass is 10.2. The Labute approximate surface area is 102 Å². The van der Waals surface area contributed by atoms with E-state index in [0.29, 0.717) is 5.56 Å². The van der Waals surface area contributed by atoms with E-state index in [1.54, 1.807) is 13.0 Å². The number of pyridine rings is 1. The molecule has 2 rings (SSSR count). The average Bonchev–Trinajstić information content (AvgIpc) is 2.27. The van der Waals surface area contributed by atoms with Gasteiger partial charge in [-0.2, -0.15) is 0 Å². The van der Waals surface area contributed by atoms with Crippen LogP contribution in [0.1, 0.15) is 5.56 Å². The third-order valence-corrected chi connectivity index (χ3v) is 2.34. The number of hydrogen-bond donors (Lipinski definition) is 0. The second-order valence-electron chi connectivity index (χ2n) is 3.45. The van der Waals surface area contributed by atoms with Gasteiger partial charge in [0.25, 0.3) is 5.88 Å². The fourth-order valence-electron chi connectivity index (χ4n) is 1.27. The number of hydrogen-bond acceptors (Lipinski definition) is 2. The third-order valence-electron chi connectivity index (χ3n) is 2.13. The third kappa shape index (κ3) is 2.71. The average molecular weight is 256 g/mol. The summed E-state index contributed by atoms with van der Waals surface area (Å²) in [6, 6.07) is 5.09. The monoisotopic (exact) mass is 255 g/mol. The molecular formula is C12H8ClF2NO. The van der Waals surface area contributed by atoms with Crippen molar-refractivity contribution in [3.05, 3.63) is 52.7 Å². The van der Waals surface area contributed by atoms with E-state index in [0.717, 1.165) is 6.07 Å². The van der Waals surface area contributed by atoms with Crippen molar-refractivity contribution in [2.24, 2.45) is 0 Å². The largest absolute Gasteiger partial charge is 0.436 e. The Morgan fingerprint density at radius 2 is 2.00 bits per heavy atom.